The Morgan fingerprint density at radius 1 is 1.31 bits per heavy atom. The fourth-order valence-electron chi connectivity index (χ4n) is 1.76. The van der Waals surface area contributed by atoms with Gasteiger partial charge in [0.25, 0.3) is 0 Å². The fourth-order valence-corrected chi connectivity index (χ4v) is 2.07. The van der Waals surface area contributed by atoms with E-state index in [-0.39, 0.29) is 0 Å². The van der Waals surface area contributed by atoms with Crippen molar-refractivity contribution in [2.24, 2.45) is 0 Å². The molecule has 0 saturated heterocycles. The third-order valence-electron chi connectivity index (χ3n) is 2.85. The summed E-state index contributed by atoms with van der Waals surface area (Å²) in [7, 11) is 0. The van der Waals surface area contributed by atoms with Gasteiger partial charge in [-0.15, -0.1) is 0 Å². The Morgan fingerprint density at radius 2 is 2.06 bits per heavy atom. The summed E-state index contributed by atoms with van der Waals surface area (Å²) in [4.78, 5) is 3.39. The number of furan rings is 1. The second-order valence-corrected chi connectivity index (χ2v) is 4.70. The van der Waals surface area contributed by atoms with Crippen LogP contribution in [-0.4, -0.2) is 0 Å². The minimum atomic E-state index is 0.769. The van der Waals surface area contributed by atoms with Crippen LogP contribution in [0.4, 0.5) is 0 Å². The van der Waals surface area contributed by atoms with Crippen molar-refractivity contribution in [1.29, 1.82) is 0 Å². The minimum absolute atomic E-state index is 0.769. The molecule has 0 unspecified atom stereocenters. The monoisotopic (exact) mass is 280 g/mol. The number of pyridine rings is 1. The van der Waals surface area contributed by atoms with Crippen molar-refractivity contribution in [3.8, 4) is 11.3 Å². The molecule has 0 aliphatic carbocycles. The molecule has 3 heteroatoms. The van der Waals surface area contributed by atoms with Crippen LogP contribution in [0.25, 0.3) is 11.3 Å². The van der Waals surface area contributed by atoms with Crippen LogP contribution in [0.5, 0.6) is 0 Å². The van der Waals surface area contributed by atoms with Crippen LogP contribution >= 0.6 is 15.9 Å². The molecule has 2 rings (SSSR count). The van der Waals surface area contributed by atoms with Gasteiger partial charge in [0, 0.05) is 30.5 Å². The van der Waals surface area contributed by atoms with Gasteiger partial charge < -0.3 is 4.42 Å². The van der Waals surface area contributed by atoms with Gasteiger partial charge in [-0.25, -0.2) is 4.98 Å². The van der Waals surface area contributed by atoms with Crippen LogP contribution in [0.15, 0.2) is 27.3 Å². The molecule has 0 bridgehead atoms. The predicted molar refractivity (Wildman–Crippen MR) is 67.3 cm³/mol. The van der Waals surface area contributed by atoms with Crippen LogP contribution in [-0.2, 0) is 6.42 Å². The Morgan fingerprint density at radius 3 is 2.62 bits per heavy atom. The summed E-state index contributed by atoms with van der Waals surface area (Å²) in [6.07, 6.45) is 0.996. The molecule has 2 aromatic heterocycles. The van der Waals surface area contributed by atoms with Crippen LogP contribution in [0.3, 0.4) is 0 Å². The number of aromatic nitrogens is 1. The number of H-pyrrole nitrogens is 1. The van der Waals surface area contributed by atoms with Crippen LogP contribution in [0.1, 0.15) is 23.9 Å². The molecular formula is C13H15BrNO+. The van der Waals surface area contributed by atoms with Gasteiger partial charge in [0.1, 0.15) is 5.76 Å². The van der Waals surface area contributed by atoms with Gasteiger partial charge in [0.2, 0.25) is 0 Å². The van der Waals surface area contributed by atoms with Crippen molar-refractivity contribution in [3.05, 3.63) is 39.8 Å². The standard InChI is InChI=1S/C13H14BrNO/c1-4-10-7-11(8(2)9(3)15-10)12-5-6-13(14)16-12/h5-7H,4H2,1-3H3/p+1. The number of hydrogen-bond donors (Lipinski definition) is 0. The number of halogens is 1. The zero-order valence-corrected chi connectivity index (χ0v) is 11.3. The molecular weight excluding hydrogens is 266 g/mol. The molecule has 0 saturated carbocycles. The lowest BCUT2D eigenvalue weighted by molar-refractivity contribution is -0.399. The van der Waals surface area contributed by atoms with E-state index in [1.54, 1.807) is 0 Å². The number of rotatable bonds is 2. The third kappa shape index (κ3) is 2.05. The molecule has 0 spiro atoms. The first-order chi connectivity index (χ1) is 7.61. The summed E-state index contributed by atoms with van der Waals surface area (Å²) in [6.45, 7) is 6.34. The lowest BCUT2D eigenvalue weighted by Gasteiger charge is -2.03. The van der Waals surface area contributed by atoms with Gasteiger partial charge in [0.05, 0.1) is 0 Å². The topological polar surface area (TPSA) is 27.3 Å². The molecule has 0 atom stereocenters. The van der Waals surface area contributed by atoms with Crippen molar-refractivity contribution in [3.63, 3.8) is 0 Å². The summed E-state index contributed by atoms with van der Waals surface area (Å²) in [6, 6.07) is 6.07. The Hall–Kier alpha value is -1.09. The van der Waals surface area contributed by atoms with Gasteiger partial charge in [-0.2, -0.15) is 0 Å². The Balaban J connectivity index is 2.59. The van der Waals surface area contributed by atoms with Crippen molar-refractivity contribution in [2.75, 3.05) is 0 Å². The molecule has 0 aromatic carbocycles. The van der Waals surface area contributed by atoms with Crippen LogP contribution in [0, 0.1) is 13.8 Å². The van der Waals surface area contributed by atoms with Crippen LogP contribution < -0.4 is 4.98 Å². The summed E-state index contributed by atoms with van der Waals surface area (Å²) >= 11 is 3.33. The molecule has 0 amide bonds. The molecule has 2 aromatic rings. The average Bonchev–Trinajstić information content (AvgIpc) is 2.68. The first-order valence-electron chi connectivity index (χ1n) is 5.40. The van der Waals surface area contributed by atoms with Gasteiger partial charge in [0.15, 0.2) is 16.1 Å². The second-order valence-electron chi connectivity index (χ2n) is 3.92. The molecule has 2 heterocycles. The maximum absolute atomic E-state index is 5.61. The molecule has 0 radical (unpaired) electrons. The molecule has 1 N–H and O–H groups in total. The molecule has 0 aliphatic rings. The van der Waals surface area contributed by atoms with E-state index in [0.29, 0.717) is 0 Å². The molecule has 16 heavy (non-hydrogen) atoms. The van der Waals surface area contributed by atoms with Crippen molar-refractivity contribution in [1.82, 2.24) is 0 Å². The summed E-state index contributed by atoms with van der Waals surface area (Å²) in [5, 5.41) is 0. The van der Waals surface area contributed by atoms with Gasteiger partial charge in [-0.3, -0.25) is 0 Å². The van der Waals surface area contributed by atoms with E-state index >= 15 is 0 Å². The van der Waals surface area contributed by atoms with E-state index in [9.17, 15) is 0 Å². The summed E-state index contributed by atoms with van der Waals surface area (Å²) in [5.74, 6) is 0.913. The molecule has 2 nitrogen and oxygen atoms in total. The normalized spacial score (nSPS) is 10.8. The highest BCUT2D eigenvalue weighted by atomic mass is 79.9. The van der Waals surface area contributed by atoms with Gasteiger partial charge in [-0.05, 0) is 35.0 Å². The maximum Gasteiger partial charge on any atom is 0.180 e. The van der Waals surface area contributed by atoms with E-state index in [2.05, 4.69) is 47.8 Å². The highest BCUT2D eigenvalue weighted by Gasteiger charge is 2.14. The molecule has 84 valence electrons. The summed E-state index contributed by atoms with van der Waals surface area (Å²) < 4.78 is 6.38. The highest BCUT2D eigenvalue weighted by Crippen LogP contribution is 2.28. The van der Waals surface area contributed by atoms with Gasteiger partial charge >= 0.3 is 0 Å². The zero-order chi connectivity index (χ0) is 11.7. The minimum Gasteiger partial charge on any atom is -0.449 e. The molecule has 0 fully saturated rings. The van der Waals surface area contributed by atoms with Crippen molar-refractivity contribution in [2.45, 2.75) is 27.2 Å². The van der Waals surface area contributed by atoms with Gasteiger partial charge in [-0.1, -0.05) is 6.92 Å². The first-order valence-corrected chi connectivity index (χ1v) is 6.19. The largest absolute Gasteiger partial charge is 0.449 e. The highest BCUT2D eigenvalue weighted by molar-refractivity contribution is 9.10. The van der Waals surface area contributed by atoms with Crippen LogP contribution in [0.2, 0.25) is 0 Å². The maximum atomic E-state index is 5.61. The second kappa shape index (κ2) is 4.42. The number of aryl methyl sites for hydroxylation is 2. The predicted octanol–water partition coefficient (Wildman–Crippen LogP) is 3.70. The SMILES string of the molecule is CCc1cc(-c2ccc(Br)o2)c(C)c(C)[nH+]1. The number of aromatic amines is 1. The zero-order valence-electron chi connectivity index (χ0n) is 9.73. The third-order valence-corrected chi connectivity index (χ3v) is 3.28. The lowest BCUT2D eigenvalue weighted by atomic mass is 10.0. The number of nitrogens with one attached hydrogen (secondary N) is 1. The summed E-state index contributed by atoms with van der Waals surface area (Å²) in [5.41, 5.74) is 4.82. The quantitative estimate of drug-likeness (QED) is 0.824. The van der Waals surface area contributed by atoms with E-state index in [0.717, 1.165) is 16.9 Å². The van der Waals surface area contributed by atoms with E-state index in [1.165, 1.54) is 22.5 Å². The smallest absolute Gasteiger partial charge is 0.180 e. The first kappa shape index (κ1) is 11.4. The van der Waals surface area contributed by atoms with Crippen molar-refractivity contribution >= 4 is 15.9 Å². The Bertz CT molecular complexity index is 517. The Kier molecular flexibility index (Phi) is 3.15. The molecule has 0 aliphatic heterocycles. The average molecular weight is 281 g/mol. The lowest BCUT2D eigenvalue weighted by Crippen LogP contribution is -2.16. The van der Waals surface area contributed by atoms with E-state index < -0.39 is 0 Å². The van der Waals surface area contributed by atoms with E-state index in [4.69, 9.17) is 4.42 Å². The van der Waals surface area contributed by atoms with E-state index in [1.807, 2.05) is 12.1 Å². The number of hydrogen-bond acceptors (Lipinski definition) is 1. The fraction of sp³-hybridized carbons (Fsp3) is 0.308. The Labute approximate surface area is 104 Å². The van der Waals surface area contributed by atoms with Crippen molar-refractivity contribution < 1.29 is 9.40 Å².